The molecule has 0 aliphatic carbocycles. The van der Waals surface area contributed by atoms with Gasteiger partial charge in [0.15, 0.2) is 0 Å². The Balaban J connectivity index is 1.18. The molecule has 2 aromatic rings. The van der Waals surface area contributed by atoms with E-state index in [1.807, 2.05) is 17.0 Å². The van der Waals surface area contributed by atoms with E-state index >= 15 is 0 Å². The van der Waals surface area contributed by atoms with Crippen molar-refractivity contribution in [2.75, 3.05) is 36.4 Å². The molecule has 9 heteroatoms. The number of anilines is 2. The Morgan fingerprint density at radius 2 is 1.83 bits per heavy atom. The molecule has 2 saturated heterocycles. The van der Waals surface area contributed by atoms with Crippen LogP contribution in [0.2, 0.25) is 5.02 Å². The van der Waals surface area contributed by atoms with Crippen LogP contribution in [0.15, 0.2) is 42.7 Å². The zero-order chi connectivity index (χ0) is 24.8. The topological polar surface area (TPSA) is 48.5 Å². The summed E-state index contributed by atoms with van der Waals surface area (Å²) in [7, 11) is 0. The smallest absolute Gasteiger partial charge is 0.379 e. The first kappa shape index (κ1) is 25.6. The van der Waals surface area contributed by atoms with Gasteiger partial charge in [0.1, 0.15) is 0 Å². The van der Waals surface area contributed by atoms with Crippen molar-refractivity contribution in [3.8, 4) is 0 Å². The van der Waals surface area contributed by atoms with E-state index in [-0.39, 0.29) is 11.9 Å². The van der Waals surface area contributed by atoms with Gasteiger partial charge in [-0.1, -0.05) is 11.6 Å². The summed E-state index contributed by atoms with van der Waals surface area (Å²) in [6, 6.07) is 8.97. The van der Waals surface area contributed by atoms with E-state index in [1.54, 1.807) is 0 Å². The molecule has 3 heterocycles. The van der Waals surface area contributed by atoms with Crippen molar-refractivity contribution in [2.45, 2.75) is 57.2 Å². The minimum Gasteiger partial charge on any atom is -0.379 e. The van der Waals surface area contributed by atoms with Gasteiger partial charge in [-0.05, 0) is 74.8 Å². The average molecular weight is 509 g/mol. The maximum absolute atomic E-state index is 12.9. The normalized spacial score (nSPS) is 19.6. The minimum atomic E-state index is -4.42. The van der Waals surface area contributed by atoms with Gasteiger partial charge in [0.25, 0.3) is 0 Å². The lowest BCUT2D eigenvalue weighted by atomic mass is 9.91. The van der Waals surface area contributed by atoms with Crippen LogP contribution in [0.3, 0.4) is 0 Å². The quantitative estimate of drug-likeness (QED) is 0.480. The third-order valence-electron chi connectivity index (χ3n) is 7.02. The molecule has 0 spiro atoms. The minimum absolute atomic E-state index is 0.0739. The highest BCUT2D eigenvalue weighted by atomic mass is 35.5. The molecule has 0 radical (unpaired) electrons. The zero-order valence-electron chi connectivity index (χ0n) is 19.7. The number of likely N-dealkylation sites (tertiary alicyclic amines) is 1. The number of carbonyl (C=O) groups is 1. The van der Waals surface area contributed by atoms with Crippen molar-refractivity contribution in [1.29, 1.82) is 0 Å². The van der Waals surface area contributed by atoms with Gasteiger partial charge in [0.2, 0.25) is 5.91 Å². The van der Waals surface area contributed by atoms with Crippen LogP contribution >= 0.6 is 11.6 Å². The zero-order valence-corrected chi connectivity index (χ0v) is 20.5. The van der Waals surface area contributed by atoms with Crippen LogP contribution in [0.1, 0.15) is 50.5 Å². The van der Waals surface area contributed by atoms with Gasteiger partial charge in [0, 0.05) is 61.7 Å². The van der Waals surface area contributed by atoms with E-state index in [2.05, 4.69) is 27.3 Å². The molecule has 4 rings (SSSR count). The van der Waals surface area contributed by atoms with E-state index < -0.39 is 11.7 Å². The number of hydrogen-bond donors (Lipinski definition) is 1. The standard InChI is InChI=1S/C26H32ClF3N4O/c27-21-6-8-24(9-7-21)33-13-10-19(11-14-33)3-1-5-25(35)34-12-2-4-22(18-34)32-23-15-20(16-31-17-23)26(28,29)30/h6-9,15-17,19,22,32H,1-5,10-14,18H2/t22-/m0/s1. The first-order valence-electron chi connectivity index (χ1n) is 12.3. The number of pyridine rings is 1. The molecule has 1 aromatic heterocycles. The summed E-state index contributed by atoms with van der Waals surface area (Å²) in [6.45, 7) is 3.25. The second-order valence-corrected chi connectivity index (χ2v) is 10.0. The summed E-state index contributed by atoms with van der Waals surface area (Å²) in [5.41, 5.74) is 0.770. The van der Waals surface area contributed by atoms with Crippen molar-refractivity contribution in [2.24, 2.45) is 5.92 Å². The highest BCUT2D eigenvalue weighted by Crippen LogP contribution is 2.31. The van der Waals surface area contributed by atoms with Gasteiger partial charge < -0.3 is 15.1 Å². The summed E-state index contributed by atoms with van der Waals surface area (Å²) in [5.74, 6) is 0.771. The van der Waals surface area contributed by atoms with Crippen molar-refractivity contribution in [1.82, 2.24) is 9.88 Å². The third-order valence-corrected chi connectivity index (χ3v) is 7.27. The first-order valence-corrected chi connectivity index (χ1v) is 12.7. The van der Waals surface area contributed by atoms with Crippen LogP contribution in [0.25, 0.3) is 0 Å². The molecule has 190 valence electrons. The predicted octanol–water partition coefficient (Wildman–Crippen LogP) is 6.24. The fourth-order valence-corrected chi connectivity index (χ4v) is 5.19. The molecule has 2 fully saturated rings. The number of nitrogens with zero attached hydrogens (tertiary/aromatic N) is 3. The Hall–Kier alpha value is -2.48. The molecular weight excluding hydrogens is 477 g/mol. The van der Waals surface area contributed by atoms with Crippen LogP contribution in [-0.4, -0.2) is 48.0 Å². The lowest BCUT2D eigenvalue weighted by molar-refractivity contribution is -0.137. The largest absolute Gasteiger partial charge is 0.417 e. The molecular formula is C26H32ClF3N4O. The molecule has 2 aliphatic rings. The van der Waals surface area contributed by atoms with Crippen LogP contribution in [0.4, 0.5) is 24.5 Å². The van der Waals surface area contributed by atoms with Gasteiger partial charge in [-0.3, -0.25) is 9.78 Å². The van der Waals surface area contributed by atoms with Crippen LogP contribution in [0.5, 0.6) is 0 Å². The Bertz CT molecular complexity index is 977. The predicted molar refractivity (Wildman–Crippen MR) is 133 cm³/mol. The molecule has 1 amide bonds. The number of nitrogens with one attached hydrogen (secondary N) is 1. The van der Waals surface area contributed by atoms with E-state index in [0.717, 1.165) is 68.9 Å². The van der Waals surface area contributed by atoms with Crippen molar-refractivity contribution in [3.05, 3.63) is 53.3 Å². The SMILES string of the molecule is O=C(CCCC1CCN(c2ccc(Cl)cc2)CC1)N1CCC[C@H](Nc2cncc(C(F)(F)F)c2)C1. The number of carbonyl (C=O) groups excluding carboxylic acids is 1. The molecule has 1 aromatic carbocycles. The highest BCUT2D eigenvalue weighted by Gasteiger charge is 2.31. The summed E-state index contributed by atoms with van der Waals surface area (Å²) in [4.78, 5) is 20.8. The Morgan fingerprint density at radius 3 is 2.54 bits per heavy atom. The first-order chi connectivity index (χ1) is 16.8. The summed E-state index contributed by atoms with van der Waals surface area (Å²) in [6.07, 6.45) is 4.13. The second kappa shape index (κ2) is 11.5. The maximum atomic E-state index is 12.9. The number of amides is 1. The highest BCUT2D eigenvalue weighted by molar-refractivity contribution is 6.30. The molecule has 0 unspecified atom stereocenters. The number of aromatic nitrogens is 1. The molecule has 1 atom stereocenters. The molecule has 35 heavy (non-hydrogen) atoms. The van der Waals surface area contributed by atoms with Gasteiger partial charge in [-0.2, -0.15) is 13.2 Å². The Labute approximate surface area is 209 Å². The summed E-state index contributed by atoms with van der Waals surface area (Å²) < 4.78 is 38.8. The van der Waals surface area contributed by atoms with Gasteiger partial charge >= 0.3 is 6.18 Å². The third kappa shape index (κ3) is 7.26. The van der Waals surface area contributed by atoms with Crippen LogP contribution < -0.4 is 10.2 Å². The number of alkyl halides is 3. The Morgan fingerprint density at radius 1 is 1.09 bits per heavy atom. The molecule has 5 nitrogen and oxygen atoms in total. The number of halogens is 4. The van der Waals surface area contributed by atoms with Gasteiger partial charge in [-0.15, -0.1) is 0 Å². The number of rotatable bonds is 7. The van der Waals surface area contributed by atoms with Gasteiger partial charge in [-0.25, -0.2) is 0 Å². The van der Waals surface area contributed by atoms with Crippen molar-refractivity contribution >= 4 is 28.9 Å². The fraction of sp³-hybridized carbons (Fsp3) is 0.538. The lowest BCUT2D eigenvalue weighted by Gasteiger charge is -2.35. The molecule has 2 aliphatic heterocycles. The van der Waals surface area contributed by atoms with Crippen molar-refractivity contribution in [3.63, 3.8) is 0 Å². The number of benzene rings is 1. The average Bonchev–Trinajstić information content (AvgIpc) is 2.85. The molecule has 0 bridgehead atoms. The van der Waals surface area contributed by atoms with Crippen LogP contribution in [0, 0.1) is 5.92 Å². The molecule has 0 saturated carbocycles. The lowest BCUT2D eigenvalue weighted by Crippen LogP contribution is -2.45. The van der Waals surface area contributed by atoms with E-state index in [1.165, 1.54) is 11.9 Å². The van der Waals surface area contributed by atoms with E-state index in [0.29, 0.717) is 31.1 Å². The van der Waals surface area contributed by atoms with Gasteiger partial charge in [0.05, 0.1) is 11.3 Å². The van der Waals surface area contributed by atoms with E-state index in [9.17, 15) is 18.0 Å². The summed E-state index contributed by atoms with van der Waals surface area (Å²) >= 11 is 5.98. The number of hydrogen-bond acceptors (Lipinski definition) is 4. The van der Waals surface area contributed by atoms with Crippen LogP contribution in [-0.2, 0) is 11.0 Å². The molecule has 1 N–H and O–H groups in total. The van der Waals surface area contributed by atoms with Crippen molar-refractivity contribution < 1.29 is 18.0 Å². The summed E-state index contributed by atoms with van der Waals surface area (Å²) in [5, 5.41) is 3.89. The number of piperidine rings is 2. The Kier molecular flexibility index (Phi) is 8.42. The monoisotopic (exact) mass is 508 g/mol. The van der Waals surface area contributed by atoms with E-state index in [4.69, 9.17) is 11.6 Å². The maximum Gasteiger partial charge on any atom is 0.417 e. The second-order valence-electron chi connectivity index (χ2n) is 9.58. The fourth-order valence-electron chi connectivity index (χ4n) is 5.06.